The first kappa shape index (κ1) is 17.1. The second kappa shape index (κ2) is 6.63. The molecule has 2 unspecified atom stereocenters. The molecule has 0 radical (unpaired) electrons. The largest absolute Gasteiger partial charge is 0.387 e. The van der Waals surface area contributed by atoms with Crippen LogP contribution in [0, 0.1) is 5.82 Å². The van der Waals surface area contributed by atoms with Gasteiger partial charge in [-0.1, -0.05) is 18.2 Å². The highest BCUT2D eigenvalue weighted by Crippen LogP contribution is 2.25. The SMILES string of the molecule is CC(NS(=O)(=O)c1ccc2c(c1)CCC2)C(O)c1ccc(F)cc1. The highest BCUT2D eigenvalue weighted by molar-refractivity contribution is 7.89. The summed E-state index contributed by atoms with van der Waals surface area (Å²) in [7, 11) is -3.73. The Kier molecular flexibility index (Phi) is 4.71. The molecule has 0 amide bonds. The van der Waals surface area contributed by atoms with Gasteiger partial charge in [-0.15, -0.1) is 0 Å². The Morgan fingerprint density at radius 2 is 1.75 bits per heavy atom. The van der Waals surface area contributed by atoms with Crippen molar-refractivity contribution in [2.45, 2.75) is 43.2 Å². The number of hydrogen-bond acceptors (Lipinski definition) is 3. The highest BCUT2D eigenvalue weighted by Gasteiger charge is 2.24. The molecule has 2 aromatic carbocycles. The van der Waals surface area contributed by atoms with Gasteiger partial charge in [0.2, 0.25) is 10.0 Å². The summed E-state index contributed by atoms with van der Waals surface area (Å²) in [6.07, 6.45) is 1.87. The van der Waals surface area contributed by atoms with Crippen molar-refractivity contribution in [3.8, 4) is 0 Å². The predicted molar refractivity (Wildman–Crippen MR) is 89.6 cm³/mol. The molecule has 0 saturated heterocycles. The Morgan fingerprint density at radius 1 is 1.08 bits per heavy atom. The molecule has 0 heterocycles. The fourth-order valence-electron chi connectivity index (χ4n) is 3.04. The van der Waals surface area contributed by atoms with Crippen molar-refractivity contribution in [2.75, 3.05) is 0 Å². The van der Waals surface area contributed by atoms with Crippen molar-refractivity contribution in [3.05, 3.63) is 65.0 Å². The molecule has 24 heavy (non-hydrogen) atoms. The van der Waals surface area contributed by atoms with E-state index in [0.717, 1.165) is 24.8 Å². The molecule has 0 fully saturated rings. The average Bonchev–Trinajstić information content (AvgIpc) is 3.02. The molecule has 2 atom stereocenters. The quantitative estimate of drug-likeness (QED) is 0.872. The van der Waals surface area contributed by atoms with Gasteiger partial charge in [-0.25, -0.2) is 17.5 Å². The van der Waals surface area contributed by atoms with Crippen molar-refractivity contribution >= 4 is 10.0 Å². The molecule has 0 aliphatic heterocycles. The number of sulfonamides is 1. The van der Waals surface area contributed by atoms with Gasteiger partial charge in [0.05, 0.1) is 11.0 Å². The maximum atomic E-state index is 13.0. The first-order valence-corrected chi connectivity index (χ1v) is 9.43. The second-order valence-electron chi connectivity index (χ2n) is 6.19. The molecule has 1 aliphatic carbocycles. The van der Waals surface area contributed by atoms with Crippen molar-refractivity contribution in [1.82, 2.24) is 4.72 Å². The van der Waals surface area contributed by atoms with Crippen LogP contribution in [0.2, 0.25) is 0 Å². The van der Waals surface area contributed by atoms with E-state index in [1.54, 1.807) is 19.1 Å². The second-order valence-corrected chi connectivity index (χ2v) is 7.90. The molecule has 3 rings (SSSR count). The number of nitrogens with one attached hydrogen (secondary N) is 1. The zero-order valence-corrected chi connectivity index (χ0v) is 14.2. The van der Waals surface area contributed by atoms with E-state index in [1.165, 1.54) is 29.8 Å². The number of fused-ring (bicyclic) bond motifs is 1. The van der Waals surface area contributed by atoms with E-state index in [0.29, 0.717) is 5.56 Å². The molecule has 6 heteroatoms. The predicted octanol–water partition coefficient (Wildman–Crippen LogP) is 2.71. The smallest absolute Gasteiger partial charge is 0.240 e. The summed E-state index contributed by atoms with van der Waals surface area (Å²) < 4.78 is 40.6. The molecule has 0 aromatic heterocycles. The molecule has 0 saturated carbocycles. The van der Waals surface area contributed by atoms with Gasteiger partial charge in [-0.3, -0.25) is 0 Å². The number of rotatable bonds is 5. The third-order valence-electron chi connectivity index (χ3n) is 4.41. The van der Waals surface area contributed by atoms with E-state index < -0.39 is 28.0 Å². The van der Waals surface area contributed by atoms with Gasteiger partial charge in [0, 0.05) is 6.04 Å². The summed E-state index contributed by atoms with van der Waals surface area (Å²) in [6.45, 7) is 1.58. The number of aliphatic hydroxyl groups excluding tert-OH is 1. The van der Waals surface area contributed by atoms with E-state index in [-0.39, 0.29) is 4.90 Å². The minimum Gasteiger partial charge on any atom is -0.387 e. The molecule has 0 spiro atoms. The van der Waals surface area contributed by atoms with Gasteiger partial charge >= 0.3 is 0 Å². The lowest BCUT2D eigenvalue weighted by Crippen LogP contribution is -2.37. The lowest BCUT2D eigenvalue weighted by molar-refractivity contribution is 0.146. The fraction of sp³-hybridized carbons (Fsp3) is 0.333. The summed E-state index contributed by atoms with van der Waals surface area (Å²) in [5.74, 6) is -0.405. The van der Waals surface area contributed by atoms with Crippen LogP contribution in [0.15, 0.2) is 47.4 Å². The molecular formula is C18H20FNO3S. The van der Waals surface area contributed by atoms with Crippen molar-refractivity contribution in [3.63, 3.8) is 0 Å². The van der Waals surface area contributed by atoms with Crippen LogP contribution < -0.4 is 4.72 Å². The summed E-state index contributed by atoms with van der Waals surface area (Å²) >= 11 is 0. The van der Waals surface area contributed by atoms with Gasteiger partial charge < -0.3 is 5.11 Å². The van der Waals surface area contributed by atoms with Crippen LogP contribution in [0.5, 0.6) is 0 Å². The van der Waals surface area contributed by atoms with Crippen LogP contribution in [0.4, 0.5) is 4.39 Å². The van der Waals surface area contributed by atoms with Crippen molar-refractivity contribution in [1.29, 1.82) is 0 Å². The number of halogens is 1. The number of benzene rings is 2. The van der Waals surface area contributed by atoms with Gasteiger partial charge in [-0.05, 0) is 67.1 Å². The van der Waals surface area contributed by atoms with E-state index in [4.69, 9.17) is 0 Å². The van der Waals surface area contributed by atoms with E-state index >= 15 is 0 Å². The summed E-state index contributed by atoms with van der Waals surface area (Å²) in [5.41, 5.74) is 2.73. The zero-order valence-electron chi connectivity index (χ0n) is 13.4. The topological polar surface area (TPSA) is 66.4 Å². The molecule has 128 valence electrons. The minimum atomic E-state index is -3.73. The number of hydrogen-bond donors (Lipinski definition) is 2. The Labute approximate surface area is 141 Å². The first-order chi connectivity index (χ1) is 11.4. The van der Waals surface area contributed by atoms with Crippen LogP contribution in [0.3, 0.4) is 0 Å². The van der Waals surface area contributed by atoms with E-state index in [1.807, 2.05) is 6.07 Å². The van der Waals surface area contributed by atoms with Gasteiger partial charge in [0.1, 0.15) is 5.82 Å². The lowest BCUT2D eigenvalue weighted by Gasteiger charge is -2.21. The van der Waals surface area contributed by atoms with Gasteiger partial charge in [0.25, 0.3) is 0 Å². The average molecular weight is 349 g/mol. The Hall–Kier alpha value is -1.76. The summed E-state index contributed by atoms with van der Waals surface area (Å²) in [5, 5.41) is 10.3. The summed E-state index contributed by atoms with van der Waals surface area (Å²) in [4.78, 5) is 0.210. The van der Waals surface area contributed by atoms with Crippen LogP contribution in [-0.2, 0) is 22.9 Å². The maximum absolute atomic E-state index is 13.0. The van der Waals surface area contributed by atoms with E-state index in [9.17, 15) is 17.9 Å². The third-order valence-corrected chi connectivity index (χ3v) is 5.96. The molecule has 2 aromatic rings. The Morgan fingerprint density at radius 3 is 2.46 bits per heavy atom. The van der Waals surface area contributed by atoms with Crippen LogP contribution >= 0.6 is 0 Å². The van der Waals surface area contributed by atoms with E-state index in [2.05, 4.69) is 4.72 Å². The van der Waals surface area contributed by atoms with Crippen LogP contribution in [0.1, 0.15) is 36.1 Å². The normalized spacial score (nSPS) is 16.6. The summed E-state index contributed by atoms with van der Waals surface area (Å²) in [6, 6.07) is 9.79. The molecule has 1 aliphatic rings. The third kappa shape index (κ3) is 3.50. The van der Waals surface area contributed by atoms with Crippen molar-refractivity contribution in [2.24, 2.45) is 0 Å². The molecule has 2 N–H and O–H groups in total. The molecular weight excluding hydrogens is 329 g/mol. The minimum absolute atomic E-state index is 0.210. The lowest BCUT2D eigenvalue weighted by atomic mass is 10.0. The van der Waals surface area contributed by atoms with Gasteiger partial charge in [-0.2, -0.15) is 0 Å². The molecule has 4 nitrogen and oxygen atoms in total. The Balaban J connectivity index is 1.77. The van der Waals surface area contributed by atoms with Gasteiger partial charge in [0.15, 0.2) is 0 Å². The monoisotopic (exact) mass is 349 g/mol. The molecule has 0 bridgehead atoms. The number of aliphatic hydroxyl groups is 1. The standard InChI is InChI=1S/C18H20FNO3S/c1-12(18(21)14-5-8-16(19)9-6-14)20-24(22,23)17-10-7-13-3-2-4-15(13)11-17/h5-12,18,20-21H,2-4H2,1H3. The van der Waals surface area contributed by atoms with Crippen LogP contribution in [-0.4, -0.2) is 19.6 Å². The maximum Gasteiger partial charge on any atom is 0.240 e. The van der Waals surface area contributed by atoms with Crippen LogP contribution in [0.25, 0.3) is 0 Å². The highest BCUT2D eigenvalue weighted by atomic mass is 32.2. The number of aryl methyl sites for hydroxylation is 2. The first-order valence-electron chi connectivity index (χ1n) is 7.94. The van der Waals surface area contributed by atoms with Crippen molar-refractivity contribution < 1.29 is 17.9 Å². The zero-order chi connectivity index (χ0) is 17.3. The fourth-order valence-corrected chi connectivity index (χ4v) is 4.34. The Bertz CT molecular complexity index is 834.